The molecule has 0 aliphatic carbocycles. The zero-order chi connectivity index (χ0) is 13.4. The van der Waals surface area contributed by atoms with Crippen LogP contribution in [-0.4, -0.2) is 41.0 Å². The fourth-order valence-electron chi connectivity index (χ4n) is 2.15. The van der Waals surface area contributed by atoms with Gasteiger partial charge in [0.1, 0.15) is 6.04 Å². The fraction of sp³-hybridized carbons (Fsp3) is 0.818. The number of nitrogens with zero attached hydrogens (tertiary/aromatic N) is 4. The minimum Gasteiger partial charge on any atom is -0.480 e. The molecule has 0 bridgehead atoms. The van der Waals surface area contributed by atoms with Gasteiger partial charge in [-0.15, -0.1) is 0 Å². The molecule has 1 unspecified atom stereocenters. The number of carbonyl (C=O) groups is 2. The van der Waals surface area contributed by atoms with Crippen LogP contribution >= 0.6 is 0 Å². The maximum absolute atomic E-state index is 12.0. The van der Waals surface area contributed by atoms with Gasteiger partial charge in [0, 0.05) is 24.4 Å². The van der Waals surface area contributed by atoms with Crippen molar-refractivity contribution in [1.82, 2.24) is 4.90 Å². The molecule has 0 aromatic heterocycles. The number of carbonyl (C=O) groups excluding carboxylic acids is 1. The molecule has 1 fully saturated rings. The van der Waals surface area contributed by atoms with Gasteiger partial charge in [0.05, 0.1) is 0 Å². The molecule has 1 atom stereocenters. The Morgan fingerprint density at radius 3 is 2.83 bits per heavy atom. The second-order valence-electron chi connectivity index (χ2n) is 4.35. The average Bonchev–Trinajstić information content (AvgIpc) is 2.59. The van der Waals surface area contributed by atoms with Crippen molar-refractivity contribution >= 4 is 11.9 Å². The summed E-state index contributed by atoms with van der Waals surface area (Å²) in [6, 6.07) is -0.695. The molecule has 1 N–H and O–H groups in total. The third-order valence-corrected chi connectivity index (χ3v) is 3.07. The number of carboxylic acid groups (broad SMARTS) is 1. The van der Waals surface area contributed by atoms with Crippen LogP contribution in [0.3, 0.4) is 0 Å². The van der Waals surface area contributed by atoms with Crippen molar-refractivity contribution in [2.45, 2.75) is 44.6 Å². The molecule has 100 valence electrons. The van der Waals surface area contributed by atoms with Crippen LogP contribution in [0.4, 0.5) is 0 Å². The third-order valence-electron chi connectivity index (χ3n) is 3.07. The molecule has 0 aromatic carbocycles. The largest absolute Gasteiger partial charge is 0.480 e. The van der Waals surface area contributed by atoms with Crippen LogP contribution in [0.25, 0.3) is 10.4 Å². The summed E-state index contributed by atoms with van der Waals surface area (Å²) in [6.07, 6.45) is 3.89. The smallest absolute Gasteiger partial charge is 0.326 e. The van der Waals surface area contributed by atoms with E-state index in [0.29, 0.717) is 19.4 Å². The molecule has 0 aromatic rings. The molecular weight excluding hydrogens is 236 g/mol. The standard InChI is InChI=1S/C11H18N4O3/c12-14-13-7-4-6-10(16)15-8-3-1-2-5-9(15)11(17)18/h9H,1-8H2,(H,17,18). The Morgan fingerprint density at radius 1 is 1.39 bits per heavy atom. The molecule has 0 saturated carbocycles. The molecule has 1 aliphatic heterocycles. The highest BCUT2D eigenvalue weighted by atomic mass is 16.4. The Hall–Kier alpha value is -1.75. The van der Waals surface area contributed by atoms with Gasteiger partial charge in [0.15, 0.2) is 0 Å². The summed E-state index contributed by atoms with van der Waals surface area (Å²) in [7, 11) is 0. The Labute approximate surface area is 105 Å². The van der Waals surface area contributed by atoms with Crippen molar-refractivity contribution < 1.29 is 14.7 Å². The van der Waals surface area contributed by atoms with E-state index in [4.69, 9.17) is 10.6 Å². The highest BCUT2D eigenvalue weighted by Crippen LogP contribution is 2.18. The summed E-state index contributed by atoms with van der Waals surface area (Å²) in [5, 5.41) is 12.5. The predicted octanol–water partition coefficient (Wildman–Crippen LogP) is 1.93. The van der Waals surface area contributed by atoms with Gasteiger partial charge in [-0.3, -0.25) is 4.79 Å². The first-order valence-corrected chi connectivity index (χ1v) is 6.20. The molecule has 1 saturated heterocycles. The number of amides is 1. The summed E-state index contributed by atoms with van der Waals surface area (Å²) in [5.74, 6) is -1.09. The lowest BCUT2D eigenvalue weighted by Gasteiger charge is -2.26. The minimum atomic E-state index is -0.930. The quantitative estimate of drug-likeness (QED) is 0.350. The molecule has 0 radical (unpaired) electrons. The lowest BCUT2D eigenvalue weighted by Crippen LogP contribution is -2.44. The number of rotatable bonds is 5. The van der Waals surface area contributed by atoms with Gasteiger partial charge in [-0.25, -0.2) is 4.79 Å². The second-order valence-corrected chi connectivity index (χ2v) is 4.35. The Bertz CT molecular complexity index is 352. The number of hydrogen-bond donors (Lipinski definition) is 1. The monoisotopic (exact) mass is 254 g/mol. The Morgan fingerprint density at radius 2 is 2.17 bits per heavy atom. The van der Waals surface area contributed by atoms with Gasteiger partial charge < -0.3 is 10.0 Å². The van der Waals surface area contributed by atoms with Gasteiger partial charge in [-0.05, 0) is 24.8 Å². The van der Waals surface area contributed by atoms with Crippen LogP contribution in [0.5, 0.6) is 0 Å². The van der Waals surface area contributed by atoms with E-state index in [1.54, 1.807) is 0 Å². The number of carboxylic acids is 1. The highest BCUT2D eigenvalue weighted by Gasteiger charge is 2.29. The number of likely N-dealkylation sites (tertiary alicyclic amines) is 1. The molecule has 7 nitrogen and oxygen atoms in total. The number of hydrogen-bond acceptors (Lipinski definition) is 3. The van der Waals surface area contributed by atoms with E-state index < -0.39 is 12.0 Å². The van der Waals surface area contributed by atoms with E-state index in [2.05, 4.69) is 10.0 Å². The van der Waals surface area contributed by atoms with Crippen molar-refractivity contribution in [3.05, 3.63) is 10.4 Å². The topological polar surface area (TPSA) is 106 Å². The van der Waals surface area contributed by atoms with E-state index in [1.165, 1.54) is 4.90 Å². The summed E-state index contributed by atoms with van der Waals surface area (Å²) < 4.78 is 0. The fourth-order valence-corrected chi connectivity index (χ4v) is 2.15. The van der Waals surface area contributed by atoms with Crippen molar-refractivity contribution in [2.24, 2.45) is 5.11 Å². The van der Waals surface area contributed by atoms with Gasteiger partial charge >= 0.3 is 5.97 Å². The van der Waals surface area contributed by atoms with Gasteiger partial charge in [-0.2, -0.15) is 0 Å². The molecule has 1 aliphatic rings. The zero-order valence-electron chi connectivity index (χ0n) is 10.3. The van der Waals surface area contributed by atoms with E-state index in [-0.39, 0.29) is 18.9 Å². The van der Waals surface area contributed by atoms with Crippen LogP contribution in [0.1, 0.15) is 38.5 Å². The van der Waals surface area contributed by atoms with E-state index >= 15 is 0 Å². The molecule has 1 rings (SSSR count). The second kappa shape index (κ2) is 7.55. The van der Waals surface area contributed by atoms with Crippen LogP contribution in [-0.2, 0) is 9.59 Å². The first-order chi connectivity index (χ1) is 8.66. The summed E-state index contributed by atoms with van der Waals surface area (Å²) in [5.41, 5.74) is 8.12. The zero-order valence-corrected chi connectivity index (χ0v) is 10.3. The number of azide groups is 1. The van der Waals surface area contributed by atoms with Crippen LogP contribution < -0.4 is 0 Å². The van der Waals surface area contributed by atoms with Crippen molar-refractivity contribution in [3.63, 3.8) is 0 Å². The van der Waals surface area contributed by atoms with Crippen LogP contribution in [0.2, 0.25) is 0 Å². The maximum atomic E-state index is 12.0. The predicted molar refractivity (Wildman–Crippen MR) is 64.9 cm³/mol. The maximum Gasteiger partial charge on any atom is 0.326 e. The molecule has 7 heteroatoms. The van der Waals surface area contributed by atoms with Gasteiger partial charge in [0.25, 0.3) is 0 Å². The van der Waals surface area contributed by atoms with Gasteiger partial charge in [0.2, 0.25) is 5.91 Å². The lowest BCUT2D eigenvalue weighted by molar-refractivity contribution is -0.150. The SMILES string of the molecule is [N-]=[N+]=NCCCC(=O)N1CCCCCC1C(=O)O. The lowest BCUT2D eigenvalue weighted by atomic mass is 10.1. The van der Waals surface area contributed by atoms with Crippen LogP contribution in [0.15, 0.2) is 5.11 Å². The first kappa shape index (κ1) is 14.3. The molecule has 1 amide bonds. The van der Waals surface area contributed by atoms with Crippen LogP contribution in [0, 0.1) is 0 Å². The minimum absolute atomic E-state index is 0.155. The van der Waals surface area contributed by atoms with E-state index in [1.807, 2.05) is 0 Å². The first-order valence-electron chi connectivity index (χ1n) is 6.20. The van der Waals surface area contributed by atoms with E-state index in [9.17, 15) is 9.59 Å². The molecular formula is C11H18N4O3. The Balaban J connectivity index is 2.55. The summed E-state index contributed by atoms with van der Waals surface area (Å²) in [4.78, 5) is 27.2. The van der Waals surface area contributed by atoms with E-state index in [0.717, 1.165) is 19.3 Å². The summed E-state index contributed by atoms with van der Waals surface area (Å²) >= 11 is 0. The molecule has 18 heavy (non-hydrogen) atoms. The van der Waals surface area contributed by atoms with Crippen molar-refractivity contribution in [3.8, 4) is 0 Å². The molecule has 0 spiro atoms. The third kappa shape index (κ3) is 4.25. The normalized spacial score (nSPS) is 19.8. The highest BCUT2D eigenvalue weighted by molar-refractivity contribution is 5.83. The Kier molecular flexibility index (Phi) is 6.00. The summed E-state index contributed by atoms with van der Waals surface area (Å²) in [6.45, 7) is 0.783. The molecule has 1 heterocycles. The average molecular weight is 254 g/mol. The number of aliphatic carboxylic acids is 1. The van der Waals surface area contributed by atoms with Crippen molar-refractivity contribution in [2.75, 3.05) is 13.1 Å². The van der Waals surface area contributed by atoms with Gasteiger partial charge in [-0.1, -0.05) is 18.0 Å². The van der Waals surface area contributed by atoms with Crippen molar-refractivity contribution in [1.29, 1.82) is 0 Å².